The van der Waals surface area contributed by atoms with Gasteiger partial charge in [-0.1, -0.05) is 17.7 Å². The van der Waals surface area contributed by atoms with Crippen LogP contribution >= 0.6 is 11.6 Å². The van der Waals surface area contributed by atoms with Crippen molar-refractivity contribution in [2.75, 3.05) is 39.4 Å². The maximum absolute atomic E-state index is 10.5. The molecule has 2 N–H and O–H groups in total. The number of ether oxygens (including phenoxy) is 1. The number of nitrogens with one attached hydrogen (secondary N) is 1. The van der Waals surface area contributed by atoms with Crippen molar-refractivity contribution >= 4 is 11.6 Å². The Morgan fingerprint density at radius 1 is 1.38 bits per heavy atom. The number of morpholine rings is 1. The summed E-state index contributed by atoms with van der Waals surface area (Å²) in [4.78, 5) is 2.25. The molecule has 0 saturated carbocycles. The third kappa shape index (κ3) is 5.57. The standard InChI is InChI=1S/C16H25ClN2O2/c1-13-9-15(17)4-3-14(13)10-18-11-16(2,20)12-19-5-7-21-8-6-19/h3-4,9,18,20H,5-8,10-12H2,1-2H3/t16-/m1/s1. The minimum atomic E-state index is -0.738. The van der Waals surface area contributed by atoms with Crippen molar-refractivity contribution in [1.82, 2.24) is 10.2 Å². The van der Waals surface area contributed by atoms with E-state index in [0.717, 1.165) is 37.9 Å². The molecule has 4 nitrogen and oxygen atoms in total. The number of aryl methyl sites for hydroxylation is 1. The average molecular weight is 313 g/mol. The lowest BCUT2D eigenvalue weighted by atomic mass is 10.1. The van der Waals surface area contributed by atoms with Gasteiger partial charge in [0.25, 0.3) is 0 Å². The molecule has 2 rings (SSSR count). The fourth-order valence-corrected chi connectivity index (χ4v) is 2.85. The smallest absolute Gasteiger partial charge is 0.0869 e. The van der Waals surface area contributed by atoms with Crippen LogP contribution in [-0.2, 0) is 11.3 Å². The summed E-state index contributed by atoms with van der Waals surface area (Å²) >= 11 is 5.96. The van der Waals surface area contributed by atoms with E-state index in [1.54, 1.807) is 0 Å². The number of rotatable bonds is 6. The molecule has 0 aromatic heterocycles. The fourth-order valence-electron chi connectivity index (χ4n) is 2.62. The first-order valence-corrected chi connectivity index (χ1v) is 7.82. The van der Waals surface area contributed by atoms with Crippen molar-refractivity contribution in [3.63, 3.8) is 0 Å². The summed E-state index contributed by atoms with van der Waals surface area (Å²) in [7, 11) is 0. The van der Waals surface area contributed by atoms with Crippen molar-refractivity contribution in [2.24, 2.45) is 0 Å². The van der Waals surface area contributed by atoms with Crippen LogP contribution in [0.25, 0.3) is 0 Å². The van der Waals surface area contributed by atoms with E-state index in [1.165, 1.54) is 11.1 Å². The summed E-state index contributed by atoms with van der Waals surface area (Å²) in [6.45, 7) is 9.20. The molecule has 1 aliphatic rings. The maximum Gasteiger partial charge on any atom is 0.0869 e. The number of hydrogen-bond acceptors (Lipinski definition) is 4. The third-order valence-corrected chi connectivity index (χ3v) is 4.03. The Morgan fingerprint density at radius 3 is 2.76 bits per heavy atom. The molecule has 21 heavy (non-hydrogen) atoms. The number of benzene rings is 1. The van der Waals surface area contributed by atoms with Crippen LogP contribution in [0.5, 0.6) is 0 Å². The van der Waals surface area contributed by atoms with Crippen LogP contribution < -0.4 is 5.32 Å². The summed E-state index contributed by atoms with van der Waals surface area (Å²) in [5.74, 6) is 0. The Kier molecular flexibility index (Phi) is 6.02. The number of nitrogens with zero attached hydrogens (tertiary/aromatic N) is 1. The highest BCUT2D eigenvalue weighted by Crippen LogP contribution is 2.15. The number of β-amino-alcohol motifs (C(OH)–C–C–N with tert-alkyl or cyclic N) is 1. The second-order valence-electron chi connectivity index (χ2n) is 6.06. The molecule has 1 atom stereocenters. The van der Waals surface area contributed by atoms with Gasteiger partial charge in [-0.3, -0.25) is 4.90 Å². The molecule has 0 unspecified atom stereocenters. The first kappa shape index (κ1) is 16.7. The lowest BCUT2D eigenvalue weighted by Gasteiger charge is -2.34. The van der Waals surface area contributed by atoms with Gasteiger partial charge in [-0.15, -0.1) is 0 Å². The van der Waals surface area contributed by atoms with Crippen LogP contribution in [-0.4, -0.2) is 55.0 Å². The Morgan fingerprint density at radius 2 is 2.10 bits per heavy atom. The predicted octanol–water partition coefficient (Wildman–Crippen LogP) is 1.82. The zero-order chi connectivity index (χ0) is 15.3. The number of aliphatic hydroxyl groups is 1. The van der Waals surface area contributed by atoms with E-state index in [0.29, 0.717) is 13.1 Å². The van der Waals surface area contributed by atoms with Gasteiger partial charge in [0, 0.05) is 37.7 Å². The van der Waals surface area contributed by atoms with Crippen LogP contribution in [0, 0.1) is 6.92 Å². The minimum Gasteiger partial charge on any atom is -0.388 e. The topological polar surface area (TPSA) is 44.7 Å². The lowest BCUT2D eigenvalue weighted by Crippen LogP contribution is -2.50. The molecule has 0 amide bonds. The highest BCUT2D eigenvalue weighted by molar-refractivity contribution is 6.30. The van der Waals surface area contributed by atoms with Gasteiger partial charge >= 0.3 is 0 Å². The quantitative estimate of drug-likeness (QED) is 0.841. The molecule has 0 spiro atoms. The molecule has 1 aliphatic heterocycles. The molecular formula is C16H25ClN2O2. The Balaban J connectivity index is 1.78. The van der Waals surface area contributed by atoms with Gasteiger partial charge in [0.15, 0.2) is 0 Å². The number of hydrogen-bond donors (Lipinski definition) is 2. The summed E-state index contributed by atoms with van der Waals surface area (Å²) in [6, 6.07) is 5.89. The molecule has 118 valence electrons. The van der Waals surface area contributed by atoms with E-state index in [9.17, 15) is 5.11 Å². The molecular weight excluding hydrogens is 288 g/mol. The lowest BCUT2D eigenvalue weighted by molar-refractivity contribution is -0.0219. The SMILES string of the molecule is Cc1cc(Cl)ccc1CNC[C@@](C)(O)CN1CCOCC1. The fraction of sp³-hybridized carbons (Fsp3) is 0.625. The molecule has 0 bridgehead atoms. The van der Waals surface area contributed by atoms with Gasteiger partial charge in [0.05, 0.1) is 18.8 Å². The van der Waals surface area contributed by atoms with Crippen LogP contribution in [0.3, 0.4) is 0 Å². The normalized spacial score (nSPS) is 19.4. The Hall–Kier alpha value is -0.650. The van der Waals surface area contributed by atoms with Crippen molar-refractivity contribution in [1.29, 1.82) is 0 Å². The monoisotopic (exact) mass is 312 g/mol. The van der Waals surface area contributed by atoms with E-state index < -0.39 is 5.60 Å². The first-order chi connectivity index (χ1) is 9.96. The molecule has 1 heterocycles. The Labute approximate surface area is 132 Å². The summed E-state index contributed by atoms with van der Waals surface area (Å²) < 4.78 is 5.33. The van der Waals surface area contributed by atoms with Crippen molar-refractivity contribution in [3.05, 3.63) is 34.3 Å². The van der Waals surface area contributed by atoms with Crippen molar-refractivity contribution in [2.45, 2.75) is 26.0 Å². The van der Waals surface area contributed by atoms with Crippen LogP contribution in [0.4, 0.5) is 0 Å². The van der Waals surface area contributed by atoms with Gasteiger partial charge in [-0.25, -0.2) is 0 Å². The zero-order valence-corrected chi connectivity index (χ0v) is 13.6. The molecule has 0 aliphatic carbocycles. The highest BCUT2D eigenvalue weighted by atomic mass is 35.5. The average Bonchev–Trinajstić information content (AvgIpc) is 2.42. The first-order valence-electron chi connectivity index (χ1n) is 7.44. The van der Waals surface area contributed by atoms with Gasteiger partial charge in [-0.05, 0) is 37.1 Å². The van der Waals surface area contributed by atoms with Gasteiger partial charge in [0.2, 0.25) is 0 Å². The van der Waals surface area contributed by atoms with Gasteiger partial charge < -0.3 is 15.2 Å². The maximum atomic E-state index is 10.5. The molecule has 1 fully saturated rings. The van der Waals surface area contributed by atoms with E-state index in [-0.39, 0.29) is 0 Å². The van der Waals surface area contributed by atoms with Crippen molar-refractivity contribution < 1.29 is 9.84 Å². The van der Waals surface area contributed by atoms with E-state index in [4.69, 9.17) is 16.3 Å². The Bertz CT molecular complexity index is 460. The van der Waals surface area contributed by atoms with Gasteiger partial charge in [-0.2, -0.15) is 0 Å². The van der Waals surface area contributed by atoms with E-state index in [1.807, 2.05) is 25.1 Å². The van der Waals surface area contributed by atoms with Crippen LogP contribution in [0.2, 0.25) is 5.02 Å². The zero-order valence-electron chi connectivity index (χ0n) is 12.9. The molecule has 1 aromatic rings. The summed E-state index contributed by atoms with van der Waals surface area (Å²) in [5, 5.41) is 14.6. The predicted molar refractivity (Wildman–Crippen MR) is 85.8 cm³/mol. The van der Waals surface area contributed by atoms with Crippen LogP contribution in [0.15, 0.2) is 18.2 Å². The highest BCUT2D eigenvalue weighted by Gasteiger charge is 2.24. The second-order valence-corrected chi connectivity index (χ2v) is 6.50. The van der Waals surface area contributed by atoms with Gasteiger partial charge in [0.1, 0.15) is 0 Å². The number of halogens is 1. The van der Waals surface area contributed by atoms with Crippen molar-refractivity contribution in [3.8, 4) is 0 Å². The largest absolute Gasteiger partial charge is 0.388 e. The molecule has 1 aromatic carbocycles. The summed E-state index contributed by atoms with van der Waals surface area (Å²) in [5.41, 5.74) is 1.64. The van der Waals surface area contributed by atoms with E-state index >= 15 is 0 Å². The van der Waals surface area contributed by atoms with Crippen LogP contribution in [0.1, 0.15) is 18.1 Å². The second kappa shape index (κ2) is 7.56. The molecule has 1 saturated heterocycles. The molecule has 5 heteroatoms. The minimum absolute atomic E-state index is 0.562. The third-order valence-electron chi connectivity index (χ3n) is 3.79. The molecule has 0 radical (unpaired) electrons. The summed E-state index contributed by atoms with van der Waals surface area (Å²) in [6.07, 6.45) is 0. The van der Waals surface area contributed by atoms with E-state index in [2.05, 4.69) is 17.1 Å².